The van der Waals surface area contributed by atoms with Crippen molar-refractivity contribution in [3.8, 4) is 0 Å². The molecule has 0 aromatic heterocycles. The van der Waals surface area contributed by atoms with E-state index < -0.39 is 6.04 Å². The van der Waals surface area contributed by atoms with Gasteiger partial charge in [-0.2, -0.15) is 0 Å². The van der Waals surface area contributed by atoms with E-state index in [0.717, 1.165) is 17.7 Å². The summed E-state index contributed by atoms with van der Waals surface area (Å²) < 4.78 is 0. The van der Waals surface area contributed by atoms with Gasteiger partial charge in [-0.1, -0.05) is 37.3 Å². The van der Waals surface area contributed by atoms with Crippen molar-refractivity contribution >= 4 is 5.71 Å². The van der Waals surface area contributed by atoms with Crippen molar-refractivity contribution in [2.75, 3.05) is 13.2 Å². The van der Waals surface area contributed by atoms with E-state index in [0.29, 0.717) is 0 Å². The minimum absolute atomic E-state index is 0.118. The zero-order valence-corrected chi connectivity index (χ0v) is 8.93. The Bertz CT molecular complexity index is 305. The van der Waals surface area contributed by atoms with Gasteiger partial charge in [0.15, 0.2) is 0 Å². The normalized spacial score (nSPS) is 12.1. The van der Waals surface area contributed by atoms with E-state index in [4.69, 9.17) is 10.2 Å². The summed E-state index contributed by atoms with van der Waals surface area (Å²) in [5, 5.41) is 17.9. The summed E-state index contributed by atoms with van der Waals surface area (Å²) in [6.07, 6.45) is 0.792. The molecule has 3 heteroatoms. The molecule has 0 amide bonds. The molecule has 0 atom stereocenters. The zero-order chi connectivity index (χ0) is 11.1. The van der Waals surface area contributed by atoms with Gasteiger partial charge in [0.2, 0.25) is 0 Å². The van der Waals surface area contributed by atoms with Crippen molar-refractivity contribution in [2.24, 2.45) is 4.99 Å². The number of aliphatic imine (C=N–C) groups is 1. The highest BCUT2D eigenvalue weighted by Gasteiger charge is 2.06. The Morgan fingerprint density at radius 1 is 1.20 bits per heavy atom. The maximum absolute atomic E-state index is 8.95. The number of aliphatic hydroxyl groups is 2. The van der Waals surface area contributed by atoms with Crippen LogP contribution in [0.25, 0.3) is 0 Å². The smallest absolute Gasteiger partial charge is 0.0963 e. The highest BCUT2D eigenvalue weighted by Crippen LogP contribution is 2.06. The largest absolute Gasteiger partial charge is 0.394 e. The lowest BCUT2D eigenvalue weighted by molar-refractivity contribution is 0.195. The SMILES string of the molecule is CC/C(=N\C(CO)CO)c1ccccc1. The lowest BCUT2D eigenvalue weighted by Crippen LogP contribution is -2.18. The van der Waals surface area contributed by atoms with Crippen LogP contribution < -0.4 is 0 Å². The molecule has 0 saturated carbocycles. The first-order chi connectivity index (χ1) is 7.31. The van der Waals surface area contributed by atoms with Gasteiger partial charge in [0.05, 0.1) is 19.3 Å². The summed E-state index contributed by atoms with van der Waals surface area (Å²) >= 11 is 0. The van der Waals surface area contributed by atoms with Crippen molar-refractivity contribution in [3.05, 3.63) is 35.9 Å². The number of hydrogen-bond donors (Lipinski definition) is 2. The Morgan fingerprint density at radius 2 is 1.80 bits per heavy atom. The van der Waals surface area contributed by atoms with Crippen molar-refractivity contribution in [3.63, 3.8) is 0 Å². The molecule has 0 aliphatic rings. The van der Waals surface area contributed by atoms with Gasteiger partial charge in [-0.25, -0.2) is 0 Å². The second-order valence-corrected chi connectivity index (χ2v) is 3.31. The molecule has 0 unspecified atom stereocenters. The Morgan fingerprint density at radius 3 is 2.27 bits per heavy atom. The van der Waals surface area contributed by atoms with Crippen LogP contribution in [-0.2, 0) is 0 Å². The fourth-order valence-corrected chi connectivity index (χ4v) is 1.36. The minimum Gasteiger partial charge on any atom is -0.394 e. The third-order valence-corrected chi connectivity index (χ3v) is 2.20. The number of hydrogen-bond acceptors (Lipinski definition) is 3. The van der Waals surface area contributed by atoms with Crippen LogP contribution in [0.4, 0.5) is 0 Å². The molecule has 0 fully saturated rings. The van der Waals surface area contributed by atoms with Gasteiger partial charge in [0.25, 0.3) is 0 Å². The lowest BCUT2D eigenvalue weighted by Gasteiger charge is -2.09. The van der Waals surface area contributed by atoms with E-state index in [-0.39, 0.29) is 13.2 Å². The first-order valence-corrected chi connectivity index (χ1v) is 5.15. The van der Waals surface area contributed by atoms with Gasteiger partial charge in [0, 0.05) is 5.71 Å². The Kier molecular flexibility index (Phi) is 5.01. The fourth-order valence-electron chi connectivity index (χ4n) is 1.36. The van der Waals surface area contributed by atoms with Crippen LogP contribution in [0.2, 0.25) is 0 Å². The monoisotopic (exact) mass is 207 g/mol. The molecule has 0 aliphatic carbocycles. The quantitative estimate of drug-likeness (QED) is 0.714. The molecule has 0 spiro atoms. The van der Waals surface area contributed by atoms with Crippen LogP contribution in [0.15, 0.2) is 35.3 Å². The van der Waals surface area contributed by atoms with E-state index in [1.54, 1.807) is 0 Å². The maximum atomic E-state index is 8.95. The molecule has 15 heavy (non-hydrogen) atoms. The first kappa shape index (κ1) is 11.9. The topological polar surface area (TPSA) is 52.8 Å². The zero-order valence-electron chi connectivity index (χ0n) is 8.93. The van der Waals surface area contributed by atoms with Crippen molar-refractivity contribution in [2.45, 2.75) is 19.4 Å². The Hall–Kier alpha value is -1.19. The summed E-state index contributed by atoms with van der Waals surface area (Å²) in [5.74, 6) is 0. The van der Waals surface area contributed by atoms with Gasteiger partial charge in [0.1, 0.15) is 0 Å². The van der Waals surface area contributed by atoms with Crippen LogP contribution in [-0.4, -0.2) is 35.2 Å². The van der Waals surface area contributed by atoms with Gasteiger partial charge in [-0.3, -0.25) is 4.99 Å². The molecule has 1 rings (SSSR count). The molecule has 0 aliphatic heterocycles. The van der Waals surface area contributed by atoms with Crippen LogP contribution in [0.3, 0.4) is 0 Å². The van der Waals surface area contributed by atoms with E-state index in [1.165, 1.54) is 0 Å². The summed E-state index contributed by atoms with van der Waals surface area (Å²) in [7, 11) is 0. The van der Waals surface area contributed by atoms with Gasteiger partial charge in [-0.05, 0) is 12.0 Å². The Balaban J connectivity index is 2.88. The highest BCUT2D eigenvalue weighted by atomic mass is 16.3. The molecule has 2 N–H and O–H groups in total. The fraction of sp³-hybridized carbons (Fsp3) is 0.417. The van der Waals surface area contributed by atoms with E-state index in [9.17, 15) is 0 Å². The number of nitrogens with zero attached hydrogens (tertiary/aromatic N) is 1. The van der Waals surface area contributed by atoms with Crippen molar-refractivity contribution in [1.29, 1.82) is 0 Å². The molecular weight excluding hydrogens is 190 g/mol. The maximum Gasteiger partial charge on any atom is 0.0963 e. The number of rotatable bonds is 5. The second kappa shape index (κ2) is 6.32. The average molecular weight is 207 g/mol. The van der Waals surface area contributed by atoms with Crippen LogP contribution in [0.5, 0.6) is 0 Å². The standard InChI is InChI=1S/C12H17NO2/c1-2-12(13-11(8-14)9-15)10-6-4-3-5-7-10/h3-7,11,14-15H,2,8-9H2,1H3/b13-12+. The molecule has 1 aromatic rings. The third-order valence-electron chi connectivity index (χ3n) is 2.20. The predicted molar refractivity (Wildman–Crippen MR) is 61.2 cm³/mol. The molecule has 1 aromatic carbocycles. The molecule has 0 bridgehead atoms. The molecule has 82 valence electrons. The molecule has 3 nitrogen and oxygen atoms in total. The number of aliphatic hydroxyl groups excluding tert-OH is 2. The third kappa shape index (κ3) is 3.46. The summed E-state index contributed by atoms with van der Waals surface area (Å²) in [4.78, 5) is 4.32. The van der Waals surface area contributed by atoms with Crippen LogP contribution in [0.1, 0.15) is 18.9 Å². The number of benzene rings is 1. The summed E-state index contributed by atoms with van der Waals surface area (Å²) in [6.45, 7) is 1.78. The Labute approximate surface area is 90.1 Å². The van der Waals surface area contributed by atoms with Gasteiger partial charge < -0.3 is 10.2 Å². The van der Waals surface area contributed by atoms with E-state index >= 15 is 0 Å². The summed E-state index contributed by atoms with van der Waals surface area (Å²) in [6, 6.07) is 9.41. The van der Waals surface area contributed by atoms with Crippen molar-refractivity contribution < 1.29 is 10.2 Å². The molecule has 0 heterocycles. The van der Waals surface area contributed by atoms with Crippen LogP contribution in [0, 0.1) is 0 Å². The predicted octanol–water partition coefficient (Wildman–Crippen LogP) is 1.24. The average Bonchev–Trinajstić information content (AvgIpc) is 2.32. The lowest BCUT2D eigenvalue weighted by atomic mass is 10.1. The van der Waals surface area contributed by atoms with Crippen molar-refractivity contribution in [1.82, 2.24) is 0 Å². The van der Waals surface area contributed by atoms with E-state index in [1.807, 2.05) is 37.3 Å². The summed E-state index contributed by atoms with van der Waals surface area (Å²) in [5.41, 5.74) is 1.97. The molecule has 0 saturated heterocycles. The minimum atomic E-state index is -0.403. The van der Waals surface area contributed by atoms with Gasteiger partial charge in [-0.15, -0.1) is 0 Å². The first-order valence-electron chi connectivity index (χ1n) is 5.15. The molecule has 0 radical (unpaired) electrons. The second-order valence-electron chi connectivity index (χ2n) is 3.31. The molecular formula is C12H17NO2. The van der Waals surface area contributed by atoms with Crippen LogP contribution >= 0.6 is 0 Å². The van der Waals surface area contributed by atoms with Gasteiger partial charge >= 0.3 is 0 Å². The highest BCUT2D eigenvalue weighted by molar-refractivity contribution is 6.00. The van der Waals surface area contributed by atoms with E-state index in [2.05, 4.69) is 4.99 Å².